The zero-order chi connectivity index (χ0) is 20.9. The van der Waals surface area contributed by atoms with E-state index in [2.05, 4.69) is 27.2 Å². The van der Waals surface area contributed by atoms with Crippen LogP contribution >= 0.6 is 0 Å². The predicted octanol–water partition coefficient (Wildman–Crippen LogP) is 4.82. The molecule has 1 aromatic heterocycles. The van der Waals surface area contributed by atoms with Gasteiger partial charge in [-0.05, 0) is 24.3 Å². The van der Waals surface area contributed by atoms with Gasteiger partial charge in [-0.15, -0.1) is 6.58 Å². The number of benzene rings is 2. The lowest BCUT2D eigenvalue weighted by Gasteiger charge is -2.11. The molecule has 0 bridgehead atoms. The van der Waals surface area contributed by atoms with Crippen LogP contribution in [0.5, 0.6) is 0 Å². The summed E-state index contributed by atoms with van der Waals surface area (Å²) in [5.41, 5.74) is 0.463. The van der Waals surface area contributed by atoms with Gasteiger partial charge in [-0.1, -0.05) is 36.4 Å². The molecule has 2 N–H and O–H groups in total. The Morgan fingerprint density at radius 3 is 2.34 bits per heavy atom. The van der Waals surface area contributed by atoms with Crippen molar-refractivity contribution in [3.8, 4) is 11.4 Å². The first-order valence-corrected chi connectivity index (χ1v) is 8.64. The number of nitrogens with zero attached hydrogens (tertiary/aromatic N) is 2. The summed E-state index contributed by atoms with van der Waals surface area (Å²) in [5.74, 6) is 0.175. The van der Waals surface area contributed by atoms with Gasteiger partial charge in [0, 0.05) is 23.9 Å². The zero-order valence-electron chi connectivity index (χ0n) is 15.2. The van der Waals surface area contributed by atoms with E-state index in [1.165, 1.54) is 18.2 Å². The molecule has 0 aliphatic heterocycles. The lowest BCUT2D eigenvalue weighted by atomic mass is 10.2. The molecule has 0 fully saturated rings. The molecule has 0 aliphatic carbocycles. The number of amides is 1. The number of aromatic nitrogens is 2. The van der Waals surface area contributed by atoms with Gasteiger partial charge in [-0.25, -0.2) is 9.97 Å². The molecule has 8 heteroatoms. The summed E-state index contributed by atoms with van der Waals surface area (Å²) in [6, 6.07) is 15.0. The number of carbonyl (C=O) groups excluding carboxylic acids is 1. The summed E-state index contributed by atoms with van der Waals surface area (Å²) in [5, 5.41) is 5.57. The minimum absolute atomic E-state index is 0.120. The molecule has 2 aromatic carbocycles. The third-order valence-corrected chi connectivity index (χ3v) is 3.88. The first kappa shape index (κ1) is 20.1. The summed E-state index contributed by atoms with van der Waals surface area (Å²) < 4.78 is 38.2. The summed E-state index contributed by atoms with van der Waals surface area (Å²) in [4.78, 5) is 21.0. The van der Waals surface area contributed by atoms with E-state index in [0.29, 0.717) is 17.1 Å². The van der Waals surface area contributed by atoms with Crippen molar-refractivity contribution in [2.75, 3.05) is 11.9 Å². The van der Waals surface area contributed by atoms with Crippen molar-refractivity contribution in [1.29, 1.82) is 0 Å². The predicted molar refractivity (Wildman–Crippen MR) is 105 cm³/mol. The molecule has 0 spiro atoms. The van der Waals surface area contributed by atoms with Crippen LogP contribution < -0.4 is 10.6 Å². The zero-order valence-corrected chi connectivity index (χ0v) is 15.2. The van der Waals surface area contributed by atoms with Crippen LogP contribution in [-0.2, 0) is 6.18 Å². The van der Waals surface area contributed by atoms with E-state index in [1.807, 2.05) is 18.2 Å². The van der Waals surface area contributed by atoms with Crippen molar-refractivity contribution in [3.63, 3.8) is 0 Å². The van der Waals surface area contributed by atoms with Crippen molar-refractivity contribution in [3.05, 3.63) is 84.6 Å². The van der Waals surface area contributed by atoms with Gasteiger partial charge in [0.25, 0.3) is 5.91 Å². The highest BCUT2D eigenvalue weighted by Crippen LogP contribution is 2.30. The van der Waals surface area contributed by atoms with Gasteiger partial charge < -0.3 is 10.6 Å². The molecule has 0 aliphatic rings. The topological polar surface area (TPSA) is 66.9 Å². The summed E-state index contributed by atoms with van der Waals surface area (Å²) in [7, 11) is 0. The largest absolute Gasteiger partial charge is 0.416 e. The number of alkyl halides is 3. The average molecular weight is 398 g/mol. The maximum absolute atomic E-state index is 12.7. The first-order valence-electron chi connectivity index (χ1n) is 8.64. The van der Waals surface area contributed by atoms with Crippen molar-refractivity contribution < 1.29 is 18.0 Å². The second-order valence-electron chi connectivity index (χ2n) is 6.03. The molecule has 0 unspecified atom stereocenters. The highest BCUT2D eigenvalue weighted by Gasteiger charge is 2.29. The van der Waals surface area contributed by atoms with Crippen LogP contribution in [0.15, 0.2) is 73.3 Å². The molecule has 1 amide bonds. The Morgan fingerprint density at radius 1 is 1.03 bits per heavy atom. The fourth-order valence-electron chi connectivity index (χ4n) is 2.49. The maximum atomic E-state index is 12.7. The van der Waals surface area contributed by atoms with E-state index in [4.69, 9.17) is 0 Å². The number of nitrogens with one attached hydrogen (secondary N) is 2. The molecule has 29 heavy (non-hydrogen) atoms. The molecular weight excluding hydrogens is 381 g/mol. The highest BCUT2D eigenvalue weighted by molar-refractivity contribution is 5.93. The fraction of sp³-hybridized carbons (Fsp3) is 0.0952. The van der Waals surface area contributed by atoms with Crippen LogP contribution in [0.1, 0.15) is 16.1 Å². The molecule has 3 rings (SSSR count). The Kier molecular flexibility index (Phi) is 5.92. The lowest BCUT2D eigenvalue weighted by molar-refractivity contribution is -0.137. The number of anilines is 2. The van der Waals surface area contributed by atoms with Crippen LogP contribution in [0, 0.1) is 0 Å². The summed E-state index contributed by atoms with van der Waals surface area (Å²) >= 11 is 0. The maximum Gasteiger partial charge on any atom is 0.416 e. The second-order valence-corrected chi connectivity index (χ2v) is 6.03. The number of hydrogen-bond acceptors (Lipinski definition) is 4. The molecule has 148 valence electrons. The van der Waals surface area contributed by atoms with Gasteiger partial charge in [0.15, 0.2) is 5.82 Å². The Morgan fingerprint density at radius 2 is 1.72 bits per heavy atom. The lowest BCUT2D eigenvalue weighted by Crippen LogP contribution is -2.24. The van der Waals surface area contributed by atoms with Crippen molar-refractivity contribution in [1.82, 2.24) is 15.3 Å². The Hall–Kier alpha value is -3.68. The van der Waals surface area contributed by atoms with Gasteiger partial charge in [-0.2, -0.15) is 13.2 Å². The summed E-state index contributed by atoms with van der Waals surface area (Å²) in [6.45, 7) is 3.82. The van der Waals surface area contributed by atoms with Crippen LogP contribution in [0.4, 0.5) is 24.7 Å². The number of rotatable bonds is 6. The normalized spacial score (nSPS) is 11.0. The smallest absolute Gasteiger partial charge is 0.347 e. The van der Waals surface area contributed by atoms with Gasteiger partial charge in [0.05, 0.1) is 5.56 Å². The van der Waals surface area contributed by atoms with E-state index in [0.717, 1.165) is 12.1 Å². The number of halogens is 3. The first-order chi connectivity index (χ1) is 13.9. The summed E-state index contributed by atoms with van der Waals surface area (Å²) in [6.07, 6.45) is -2.87. The molecule has 0 saturated heterocycles. The van der Waals surface area contributed by atoms with E-state index in [-0.39, 0.29) is 18.1 Å². The van der Waals surface area contributed by atoms with Crippen LogP contribution in [0.2, 0.25) is 0 Å². The molecule has 0 radical (unpaired) electrons. The van der Waals surface area contributed by atoms with Crippen molar-refractivity contribution in [2.24, 2.45) is 0 Å². The average Bonchev–Trinajstić information content (AvgIpc) is 2.72. The minimum Gasteiger partial charge on any atom is -0.347 e. The highest BCUT2D eigenvalue weighted by atomic mass is 19.4. The third kappa shape index (κ3) is 5.19. The fourth-order valence-corrected chi connectivity index (χ4v) is 2.49. The van der Waals surface area contributed by atoms with Crippen LogP contribution in [0.3, 0.4) is 0 Å². The van der Waals surface area contributed by atoms with Crippen molar-refractivity contribution in [2.45, 2.75) is 6.18 Å². The Bertz CT molecular complexity index is 1000. The number of hydrogen-bond donors (Lipinski definition) is 2. The second kappa shape index (κ2) is 8.55. The monoisotopic (exact) mass is 398 g/mol. The van der Waals surface area contributed by atoms with E-state index in [1.54, 1.807) is 18.2 Å². The van der Waals surface area contributed by atoms with E-state index >= 15 is 0 Å². The van der Waals surface area contributed by atoms with Crippen LogP contribution in [-0.4, -0.2) is 22.4 Å². The van der Waals surface area contributed by atoms with Gasteiger partial charge in [0.1, 0.15) is 11.5 Å². The Balaban J connectivity index is 1.94. The quantitative estimate of drug-likeness (QED) is 0.584. The van der Waals surface area contributed by atoms with E-state index in [9.17, 15) is 18.0 Å². The standard InChI is InChI=1S/C21H17F3N4O/c1-2-12-25-20(29)17-13-18(28-19(27-17)14-6-4-3-5-7-14)26-16-10-8-15(9-11-16)21(22,23)24/h2-11,13H,1,12H2,(H,25,29)(H,26,27,28). The molecule has 1 heterocycles. The van der Waals surface area contributed by atoms with Crippen molar-refractivity contribution >= 4 is 17.4 Å². The third-order valence-electron chi connectivity index (χ3n) is 3.88. The molecular formula is C21H17F3N4O. The molecule has 0 atom stereocenters. The SMILES string of the molecule is C=CCNC(=O)c1cc(Nc2ccc(C(F)(F)F)cc2)nc(-c2ccccc2)n1. The number of carbonyl (C=O) groups is 1. The van der Waals surface area contributed by atoms with Crippen LogP contribution in [0.25, 0.3) is 11.4 Å². The van der Waals surface area contributed by atoms with Gasteiger partial charge >= 0.3 is 6.18 Å². The minimum atomic E-state index is -4.41. The molecule has 3 aromatic rings. The molecule has 5 nitrogen and oxygen atoms in total. The van der Waals surface area contributed by atoms with Gasteiger partial charge in [0.2, 0.25) is 0 Å². The van der Waals surface area contributed by atoms with E-state index < -0.39 is 17.6 Å². The molecule has 0 saturated carbocycles. The Labute approximate surface area is 165 Å². The van der Waals surface area contributed by atoms with Gasteiger partial charge in [-0.3, -0.25) is 4.79 Å².